The summed E-state index contributed by atoms with van der Waals surface area (Å²) in [6.07, 6.45) is 13.0. The molecule has 4 amide bonds. The van der Waals surface area contributed by atoms with E-state index in [1.165, 1.54) is 6.20 Å². The molecule has 1 saturated heterocycles. The summed E-state index contributed by atoms with van der Waals surface area (Å²) in [6, 6.07) is 5.01. The van der Waals surface area contributed by atoms with Gasteiger partial charge in [-0.05, 0) is 56.6 Å². The van der Waals surface area contributed by atoms with Gasteiger partial charge in [0.15, 0.2) is 0 Å². The van der Waals surface area contributed by atoms with E-state index in [1.807, 2.05) is 12.1 Å². The highest BCUT2D eigenvalue weighted by Crippen LogP contribution is 2.28. The van der Waals surface area contributed by atoms with Crippen LogP contribution in [0.25, 0.3) is 11.0 Å². The number of Topliss-reactive ketones (excluding diaryl/α,β-unsaturated/α-hetero) is 1. The van der Waals surface area contributed by atoms with Crippen molar-refractivity contribution in [2.45, 2.75) is 108 Å². The monoisotopic (exact) mass is 604 g/mol. The lowest BCUT2D eigenvalue weighted by atomic mass is 9.84. The number of rotatable bonds is 11. The molecular weight excluding hydrogens is 560 g/mol. The van der Waals surface area contributed by atoms with Crippen LogP contribution in [0.1, 0.15) is 100 Å². The number of benzene rings is 1. The number of carbonyl (C=O) groups is 5. The lowest BCUT2D eigenvalue weighted by Crippen LogP contribution is -2.56. The van der Waals surface area contributed by atoms with E-state index < -0.39 is 41.5 Å². The van der Waals surface area contributed by atoms with Crippen LogP contribution in [0.5, 0.6) is 0 Å². The van der Waals surface area contributed by atoms with Crippen LogP contribution in [0.4, 0.5) is 0 Å². The topological polar surface area (TPSA) is 159 Å². The van der Waals surface area contributed by atoms with Crippen LogP contribution in [-0.4, -0.2) is 64.1 Å². The second-order valence-corrected chi connectivity index (χ2v) is 12.6. The van der Waals surface area contributed by atoms with E-state index in [0.717, 1.165) is 70.6 Å². The minimum atomic E-state index is -1.19. The Morgan fingerprint density at radius 1 is 0.818 bits per heavy atom. The molecule has 2 heterocycles. The van der Waals surface area contributed by atoms with E-state index in [4.69, 9.17) is 0 Å². The minimum Gasteiger partial charge on any atom is -0.356 e. The summed E-state index contributed by atoms with van der Waals surface area (Å²) in [7, 11) is 0. The number of carbonyl (C=O) groups excluding carboxylic acids is 5. The van der Waals surface area contributed by atoms with Crippen LogP contribution in [0.2, 0.25) is 0 Å². The molecule has 4 N–H and O–H groups in total. The highest BCUT2D eigenvalue weighted by Gasteiger charge is 2.36. The number of ketones is 1. The van der Waals surface area contributed by atoms with Gasteiger partial charge in [0.1, 0.15) is 11.7 Å². The maximum atomic E-state index is 13.9. The summed E-state index contributed by atoms with van der Waals surface area (Å²) in [5.74, 6) is -3.03. The van der Waals surface area contributed by atoms with Gasteiger partial charge < -0.3 is 21.3 Å². The lowest BCUT2D eigenvalue weighted by Gasteiger charge is -2.30. The van der Waals surface area contributed by atoms with Gasteiger partial charge in [0.25, 0.3) is 11.8 Å². The zero-order valence-electron chi connectivity index (χ0n) is 25.3. The third-order valence-corrected chi connectivity index (χ3v) is 9.31. The molecule has 3 fully saturated rings. The molecule has 3 aliphatic rings. The number of para-hydroxylation sites is 2. The zero-order chi connectivity index (χ0) is 30.9. The van der Waals surface area contributed by atoms with Crippen molar-refractivity contribution in [3.8, 4) is 0 Å². The Morgan fingerprint density at radius 3 is 2.25 bits per heavy atom. The van der Waals surface area contributed by atoms with Crippen molar-refractivity contribution < 1.29 is 24.0 Å². The standard InChI is InChI=1S/C33H44N6O5/c40-29(33(44)36-23-13-5-2-6-14-23)26(19-22-12-9-17-34-30(22)41)38-31(42)27(18-21-10-3-1-4-11-21)39-32(43)28-20-35-24-15-7-8-16-25(24)37-28/h7-8,15-16,20-23,26-27H,1-6,9-14,17-19H2,(H,34,41)(H,36,44)(H,38,42)(H,39,43)/t22-,26-,27-/m0/s1. The summed E-state index contributed by atoms with van der Waals surface area (Å²) in [5.41, 5.74) is 1.30. The van der Waals surface area contributed by atoms with E-state index >= 15 is 0 Å². The summed E-state index contributed by atoms with van der Waals surface area (Å²) in [6.45, 7) is 0.565. The molecular formula is C33H44N6O5. The predicted octanol–water partition coefficient (Wildman–Crippen LogP) is 3.12. The third-order valence-electron chi connectivity index (χ3n) is 9.31. The summed E-state index contributed by atoms with van der Waals surface area (Å²) in [4.78, 5) is 75.3. The van der Waals surface area contributed by atoms with E-state index in [0.29, 0.717) is 30.4 Å². The maximum Gasteiger partial charge on any atom is 0.289 e. The average molecular weight is 605 g/mol. The molecule has 1 aliphatic heterocycles. The molecule has 2 aromatic rings. The van der Waals surface area contributed by atoms with Crippen molar-refractivity contribution in [3.63, 3.8) is 0 Å². The third kappa shape index (κ3) is 8.39. The number of amides is 4. The van der Waals surface area contributed by atoms with Gasteiger partial charge >= 0.3 is 0 Å². The lowest BCUT2D eigenvalue weighted by molar-refractivity contribution is -0.141. The molecule has 0 unspecified atom stereocenters. The highest BCUT2D eigenvalue weighted by atomic mass is 16.2. The molecule has 3 atom stereocenters. The van der Waals surface area contributed by atoms with Gasteiger partial charge in [-0.2, -0.15) is 0 Å². The number of nitrogens with zero attached hydrogens (tertiary/aromatic N) is 2. The van der Waals surface area contributed by atoms with E-state index in [9.17, 15) is 24.0 Å². The van der Waals surface area contributed by atoms with Gasteiger partial charge in [0.2, 0.25) is 17.6 Å². The Hall–Kier alpha value is -3.89. The van der Waals surface area contributed by atoms with Crippen molar-refractivity contribution in [2.24, 2.45) is 11.8 Å². The van der Waals surface area contributed by atoms with Crippen LogP contribution >= 0.6 is 0 Å². The zero-order valence-corrected chi connectivity index (χ0v) is 25.3. The summed E-state index contributed by atoms with van der Waals surface area (Å²) >= 11 is 0. The number of hydrogen-bond acceptors (Lipinski definition) is 7. The van der Waals surface area contributed by atoms with Crippen LogP contribution in [-0.2, 0) is 19.2 Å². The molecule has 0 radical (unpaired) electrons. The molecule has 11 nitrogen and oxygen atoms in total. The summed E-state index contributed by atoms with van der Waals surface area (Å²) < 4.78 is 0. The van der Waals surface area contributed by atoms with Gasteiger partial charge in [-0.15, -0.1) is 0 Å². The van der Waals surface area contributed by atoms with Crippen molar-refractivity contribution >= 4 is 40.4 Å². The summed E-state index contributed by atoms with van der Waals surface area (Å²) in [5, 5.41) is 11.3. The largest absolute Gasteiger partial charge is 0.356 e. The quantitative estimate of drug-likeness (QED) is 0.287. The van der Waals surface area contributed by atoms with Gasteiger partial charge in [0, 0.05) is 18.5 Å². The Bertz CT molecular complexity index is 1350. The molecule has 11 heteroatoms. The smallest absolute Gasteiger partial charge is 0.289 e. The Labute approximate surface area is 258 Å². The van der Waals surface area contributed by atoms with Crippen LogP contribution < -0.4 is 21.3 Å². The number of nitrogens with one attached hydrogen (secondary N) is 4. The molecule has 236 valence electrons. The second-order valence-electron chi connectivity index (χ2n) is 12.6. The first-order valence-corrected chi connectivity index (χ1v) is 16.3. The molecule has 2 saturated carbocycles. The molecule has 5 rings (SSSR count). The minimum absolute atomic E-state index is 0.0226. The molecule has 2 aliphatic carbocycles. The molecule has 1 aromatic heterocycles. The van der Waals surface area contributed by atoms with Gasteiger partial charge in [-0.1, -0.05) is 63.5 Å². The van der Waals surface area contributed by atoms with Crippen molar-refractivity contribution in [2.75, 3.05) is 6.54 Å². The fraction of sp³-hybridized carbons (Fsp3) is 0.606. The van der Waals surface area contributed by atoms with E-state index in [-0.39, 0.29) is 30.0 Å². The second kappa shape index (κ2) is 15.2. The SMILES string of the molecule is O=C(NC1CCCCC1)C(=O)[C@H](C[C@@H]1CCCNC1=O)NC(=O)[C@H](CC1CCCCC1)NC(=O)c1cnc2ccccc2n1. The van der Waals surface area contributed by atoms with E-state index in [1.54, 1.807) is 12.1 Å². The van der Waals surface area contributed by atoms with Crippen LogP contribution in [0.3, 0.4) is 0 Å². The number of fused-ring (bicyclic) bond motifs is 1. The number of hydrogen-bond donors (Lipinski definition) is 4. The van der Waals surface area contributed by atoms with Crippen molar-refractivity contribution in [3.05, 3.63) is 36.2 Å². The van der Waals surface area contributed by atoms with Gasteiger partial charge in [0.05, 0.1) is 23.3 Å². The van der Waals surface area contributed by atoms with Crippen molar-refractivity contribution in [1.82, 2.24) is 31.2 Å². The Morgan fingerprint density at radius 2 is 1.52 bits per heavy atom. The van der Waals surface area contributed by atoms with Crippen LogP contribution in [0.15, 0.2) is 30.5 Å². The molecule has 0 spiro atoms. The Balaban J connectivity index is 1.33. The average Bonchev–Trinajstić information content (AvgIpc) is 3.05. The molecule has 44 heavy (non-hydrogen) atoms. The van der Waals surface area contributed by atoms with Gasteiger partial charge in [-0.3, -0.25) is 29.0 Å². The van der Waals surface area contributed by atoms with Crippen molar-refractivity contribution in [1.29, 1.82) is 0 Å². The highest BCUT2D eigenvalue weighted by molar-refractivity contribution is 6.38. The number of aromatic nitrogens is 2. The van der Waals surface area contributed by atoms with Crippen LogP contribution in [0, 0.1) is 11.8 Å². The van der Waals surface area contributed by atoms with E-state index in [2.05, 4.69) is 31.2 Å². The molecule has 1 aromatic carbocycles. The normalized spacial score (nSPS) is 21.1. The first-order chi connectivity index (χ1) is 21.4. The fourth-order valence-corrected chi connectivity index (χ4v) is 6.80. The Kier molecular flexibility index (Phi) is 10.9. The van der Waals surface area contributed by atoms with Gasteiger partial charge in [-0.25, -0.2) is 4.98 Å². The number of piperidine rings is 1. The fourth-order valence-electron chi connectivity index (χ4n) is 6.80. The predicted molar refractivity (Wildman–Crippen MR) is 164 cm³/mol. The maximum absolute atomic E-state index is 13.9. The first kappa shape index (κ1) is 31.5. The molecule has 0 bridgehead atoms. The first-order valence-electron chi connectivity index (χ1n) is 16.3.